The van der Waals surface area contributed by atoms with E-state index in [0.29, 0.717) is 5.56 Å². The Labute approximate surface area is 107 Å². The van der Waals surface area contributed by atoms with Crippen molar-refractivity contribution in [1.82, 2.24) is 0 Å². The molecule has 0 aliphatic heterocycles. The molecule has 1 aromatic carbocycles. The summed E-state index contributed by atoms with van der Waals surface area (Å²) in [7, 11) is 4.40. The van der Waals surface area contributed by atoms with Gasteiger partial charge in [0.05, 0.1) is 12.7 Å². The molecule has 0 aliphatic carbocycles. The maximum atomic E-state index is 11.2. The van der Waals surface area contributed by atoms with Gasteiger partial charge in [0.15, 0.2) is 0 Å². The maximum absolute atomic E-state index is 11.2. The van der Waals surface area contributed by atoms with Gasteiger partial charge >= 0.3 is 5.97 Å². The van der Waals surface area contributed by atoms with Crippen LogP contribution in [0.5, 0.6) is 0 Å². The van der Waals surface area contributed by atoms with Crippen molar-refractivity contribution in [3.63, 3.8) is 0 Å². The molecule has 0 bridgehead atoms. The fourth-order valence-corrected chi connectivity index (χ4v) is 1.18. The first-order valence-corrected chi connectivity index (χ1v) is 5.36. The molecule has 0 spiro atoms. The van der Waals surface area contributed by atoms with Crippen LogP contribution in [0.25, 0.3) is 0 Å². The number of esters is 1. The third kappa shape index (κ3) is 3.59. The van der Waals surface area contributed by atoms with E-state index in [1.807, 2.05) is 0 Å². The zero-order valence-corrected chi connectivity index (χ0v) is 10.9. The molecule has 0 aliphatic rings. The quantitative estimate of drug-likeness (QED) is 0.465. The lowest BCUT2D eigenvalue weighted by Gasteiger charge is -2.18. The normalized spacial score (nSPS) is 10.4. The summed E-state index contributed by atoms with van der Waals surface area (Å²) in [6.07, 6.45) is 0. The molecule has 0 amide bonds. The summed E-state index contributed by atoms with van der Waals surface area (Å²) in [5, 5.41) is 0. The molecular weight excluding hydrogens is 232 g/mol. The number of benzene rings is 1. The van der Waals surface area contributed by atoms with Gasteiger partial charge < -0.3 is 14.2 Å². The molecule has 0 saturated heterocycles. The van der Waals surface area contributed by atoms with Crippen LogP contribution in [0, 0.1) is 11.8 Å². The van der Waals surface area contributed by atoms with Gasteiger partial charge in [-0.1, -0.05) is 5.92 Å². The van der Waals surface area contributed by atoms with Gasteiger partial charge in [0.1, 0.15) is 0 Å². The predicted molar refractivity (Wildman–Crippen MR) is 67.1 cm³/mol. The zero-order chi connectivity index (χ0) is 13.6. The number of carbonyl (C=O) groups is 1. The highest BCUT2D eigenvalue weighted by Gasteiger charge is 2.18. The molecule has 4 heteroatoms. The van der Waals surface area contributed by atoms with Gasteiger partial charge in [-0.15, -0.1) is 0 Å². The number of methoxy groups -OCH3 is 3. The second-order valence-electron chi connectivity index (χ2n) is 3.67. The highest BCUT2D eigenvalue weighted by atomic mass is 16.7. The monoisotopic (exact) mass is 248 g/mol. The lowest BCUT2D eigenvalue weighted by Crippen LogP contribution is -2.27. The van der Waals surface area contributed by atoms with Crippen molar-refractivity contribution >= 4 is 5.97 Å². The van der Waals surface area contributed by atoms with E-state index in [2.05, 4.69) is 16.6 Å². The SMILES string of the molecule is COC(=O)c1ccc(C#CC(C)(OC)OC)cc1. The van der Waals surface area contributed by atoms with Crippen molar-refractivity contribution in [3.8, 4) is 11.8 Å². The van der Waals surface area contributed by atoms with E-state index in [1.54, 1.807) is 31.2 Å². The van der Waals surface area contributed by atoms with E-state index in [0.717, 1.165) is 5.56 Å². The fraction of sp³-hybridized carbons (Fsp3) is 0.357. The molecule has 0 atom stereocenters. The summed E-state index contributed by atoms with van der Waals surface area (Å²) >= 11 is 0. The van der Waals surface area contributed by atoms with Crippen molar-refractivity contribution < 1.29 is 19.0 Å². The Balaban J connectivity index is 2.88. The predicted octanol–water partition coefficient (Wildman–Crippen LogP) is 1.83. The minimum atomic E-state index is -0.930. The van der Waals surface area contributed by atoms with Crippen LogP contribution in [-0.2, 0) is 14.2 Å². The summed E-state index contributed by atoms with van der Waals surface area (Å²) in [6.45, 7) is 1.73. The second kappa shape index (κ2) is 6.20. The van der Waals surface area contributed by atoms with Crippen molar-refractivity contribution in [3.05, 3.63) is 35.4 Å². The number of hydrogen-bond acceptors (Lipinski definition) is 4. The van der Waals surface area contributed by atoms with E-state index in [9.17, 15) is 4.79 Å². The Morgan fingerprint density at radius 1 is 1.11 bits per heavy atom. The Morgan fingerprint density at radius 3 is 2.11 bits per heavy atom. The first-order valence-electron chi connectivity index (χ1n) is 5.36. The number of rotatable bonds is 3. The average molecular weight is 248 g/mol. The summed E-state index contributed by atoms with van der Waals surface area (Å²) in [6, 6.07) is 6.80. The molecular formula is C14H16O4. The molecule has 1 rings (SSSR count). The second-order valence-corrected chi connectivity index (χ2v) is 3.67. The standard InChI is InChI=1S/C14H16O4/c1-14(17-3,18-4)10-9-11-5-7-12(8-6-11)13(15)16-2/h5-8H,1-4H3. The Hall–Kier alpha value is -1.83. The molecule has 18 heavy (non-hydrogen) atoms. The minimum absolute atomic E-state index is 0.367. The molecule has 4 nitrogen and oxygen atoms in total. The lowest BCUT2D eigenvalue weighted by atomic mass is 10.1. The molecule has 0 fully saturated rings. The van der Waals surface area contributed by atoms with Gasteiger partial charge in [0, 0.05) is 26.7 Å². The minimum Gasteiger partial charge on any atom is -0.465 e. The van der Waals surface area contributed by atoms with E-state index in [-0.39, 0.29) is 5.97 Å². The summed E-state index contributed by atoms with van der Waals surface area (Å²) in [4.78, 5) is 11.2. The molecule has 0 heterocycles. The van der Waals surface area contributed by atoms with Crippen LogP contribution in [0.2, 0.25) is 0 Å². The van der Waals surface area contributed by atoms with Crippen molar-refractivity contribution in [2.24, 2.45) is 0 Å². The number of hydrogen-bond donors (Lipinski definition) is 0. The summed E-state index contributed by atoms with van der Waals surface area (Å²) in [5.41, 5.74) is 1.26. The van der Waals surface area contributed by atoms with Crippen molar-refractivity contribution in [2.75, 3.05) is 21.3 Å². The van der Waals surface area contributed by atoms with Crippen molar-refractivity contribution in [1.29, 1.82) is 0 Å². The third-order valence-electron chi connectivity index (χ3n) is 2.52. The largest absolute Gasteiger partial charge is 0.465 e. The van der Waals surface area contributed by atoms with Crippen LogP contribution in [0.4, 0.5) is 0 Å². The molecule has 0 aromatic heterocycles. The van der Waals surface area contributed by atoms with E-state index >= 15 is 0 Å². The van der Waals surface area contributed by atoms with Gasteiger partial charge in [-0.2, -0.15) is 0 Å². The highest BCUT2D eigenvalue weighted by Crippen LogP contribution is 2.09. The van der Waals surface area contributed by atoms with Gasteiger partial charge in [-0.25, -0.2) is 4.79 Å². The molecule has 0 radical (unpaired) electrons. The highest BCUT2D eigenvalue weighted by molar-refractivity contribution is 5.89. The zero-order valence-electron chi connectivity index (χ0n) is 10.9. The molecule has 0 saturated carbocycles. The lowest BCUT2D eigenvalue weighted by molar-refractivity contribution is -0.148. The van der Waals surface area contributed by atoms with Crippen LogP contribution >= 0.6 is 0 Å². The molecule has 0 unspecified atom stereocenters. The smallest absolute Gasteiger partial charge is 0.337 e. The van der Waals surface area contributed by atoms with Gasteiger partial charge in [-0.3, -0.25) is 0 Å². The third-order valence-corrected chi connectivity index (χ3v) is 2.52. The first kappa shape index (κ1) is 14.2. The van der Waals surface area contributed by atoms with E-state index < -0.39 is 5.79 Å². The summed E-state index contributed by atoms with van der Waals surface area (Å²) in [5.74, 6) is 4.49. The molecule has 0 N–H and O–H groups in total. The van der Waals surface area contributed by atoms with Crippen LogP contribution in [0.1, 0.15) is 22.8 Å². The maximum Gasteiger partial charge on any atom is 0.337 e. The van der Waals surface area contributed by atoms with Gasteiger partial charge in [0.25, 0.3) is 0 Å². The summed E-state index contributed by atoms with van der Waals surface area (Å²) < 4.78 is 14.8. The van der Waals surface area contributed by atoms with Crippen molar-refractivity contribution in [2.45, 2.75) is 12.7 Å². The number of ether oxygens (including phenoxy) is 3. The van der Waals surface area contributed by atoms with E-state index in [1.165, 1.54) is 21.3 Å². The molecule has 1 aromatic rings. The van der Waals surface area contributed by atoms with Crippen LogP contribution in [0.3, 0.4) is 0 Å². The fourth-order valence-electron chi connectivity index (χ4n) is 1.18. The Morgan fingerprint density at radius 2 is 1.67 bits per heavy atom. The van der Waals surface area contributed by atoms with E-state index in [4.69, 9.17) is 9.47 Å². The number of carbonyl (C=O) groups excluding carboxylic acids is 1. The first-order chi connectivity index (χ1) is 8.54. The Kier molecular flexibility index (Phi) is 4.90. The topological polar surface area (TPSA) is 44.8 Å². The van der Waals surface area contributed by atoms with Crippen LogP contribution in [-0.4, -0.2) is 33.1 Å². The molecule has 96 valence electrons. The van der Waals surface area contributed by atoms with Crippen LogP contribution < -0.4 is 0 Å². The van der Waals surface area contributed by atoms with Crippen LogP contribution in [0.15, 0.2) is 24.3 Å². The van der Waals surface area contributed by atoms with Gasteiger partial charge in [0.2, 0.25) is 5.79 Å². The average Bonchev–Trinajstić information content (AvgIpc) is 2.44. The van der Waals surface area contributed by atoms with Gasteiger partial charge in [-0.05, 0) is 30.2 Å². The Bertz CT molecular complexity index is 461.